The minimum Gasteiger partial charge on any atom is -0.308 e. The van der Waals surface area contributed by atoms with Crippen molar-refractivity contribution in [2.45, 2.75) is 0 Å². The summed E-state index contributed by atoms with van der Waals surface area (Å²) in [6.07, 6.45) is 0. The van der Waals surface area contributed by atoms with Gasteiger partial charge >= 0.3 is 0 Å². The van der Waals surface area contributed by atoms with E-state index in [4.69, 9.17) is 9.97 Å². The lowest BCUT2D eigenvalue weighted by Crippen LogP contribution is -2.04. The minimum absolute atomic E-state index is 0.673. The van der Waals surface area contributed by atoms with Crippen LogP contribution in [0.2, 0.25) is 0 Å². The maximum atomic E-state index is 5.68. The molecule has 0 aliphatic rings. The van der Waals surface area contributed by atoms with Crippen LogP contribution in [0.15, 0.2) is 170 Å². The Morgan fingerprint density at radius 3 is 1.98 bits per heavy atom. The summed E-state index contributed by atoms with van der Waals surface area (Å²) >= 11 is 1.87. The summed E-state index contributed by atoms with van der Waals surface area (Å²) < 4.78 is 7.49. The van der Waals surface area contributed by atoms with Crippen LogP contribution >= 0.6 is 11.3 Å². The molecular weight excluding hydrogens is 713 g/mol. The Kier molecular flexibility index (Phi) is 5.62. The quantitative estimate of drug-likeness (QED) is 0.165. The van der Waals surface area contributed by atoms with E-state index in [1.54, 1.807) is 0 Å². The average molecular weight is 741 g/mol. The number of para-hydroxylation sites is 2. The normalized spacial score (nSPS) is 12.6. The fourth-order valence-corrected chi connectivity index (χ4v) is 11.3. The van der Waals surface area contributed by atoms with Crippen molar-refractivity contribution in [2.24, 2.45) is 0 Å². The molecule has 57 heavy (non-hydrogen) atoms. The van der Waals surface area contributed by atoms with Crippen molar-refractivity contribution in [2.75, 3.05) is 0 Å². The highest BCUT2D eigenvalue weighted by atomic mass is 32.1. The van der Waals surface area contributed by atoms with E-state index < -0.39 is 0 Å². The predicted octanol–water partition coefficient (Wildman–Crippen LogP) is 14.2. The molecule has 0 radical (unpaired) electrons. The van der Waals surface area contributed by atoms with Crippen molar-refractivity contribution >= 4 is 124 Å². The molecule has 0 aliphatic carbocycles. The fourth-order valence-electron chi connectivity index (χ4n) is 10.1. The second-order valence-electron chi connectivity index (χ2n) is 15.3. The molecule has 14 rings (SSSR count). The predicted molar refractivity (Wildman–Crippen MR) is 242 cm³/mol. The number of hydrogen-bond donors (Lipinski definition) is 0. The van der Waals surface area contributed by atoms with Gasteiger partial charge in [-0.15, -0.1) is 11.3 Å². The lowest BCUT2D eigenvalue weighted by molar-refractivity contribution is 1.02. The third kappa shape index (κ3) is 3.77. The fraction of sp³-hybridized carbons (Fsp3) is 0. The summed E-state index contributed by atoms with van der Waals surface area (Å²) in [6, 6.07) is 61.9. The van der Waals surface area contributed by atoms with Gasteiger partial charge in [-0.3, -0.25) is 4.57 Å². The molecular formula is C52H28N4S. The van der Waals surface area contributed by atoms with Gasteiger partial charge in [0.1, 0.15) is 0 Å². The number of thiophene rings is 1. The maximum absolute atomic E-state index is 5.68. The van der Waals surface area contributed by atoms with Crippen LogP contribution in [0.5, 0.6) is 0 Å². The monoisotopic (exact) mass is 740 g/mol. The zero-order valence-electron chi connectivity index (χ0n) is 30.4. The molecule has 0 spiro atoms. The van der Waals surface area contributed by atoms with Crippen LogP contribution in [-0.2, 0) is 0 Å². The van der Waals surface area contributed by atoms with Crippen molar-refractivity contribution in [3.63, 3.8) is 0 Å². The van der Waals surface area contributed by atoms with Crippen molar-refractivity contribution in [3.8, 4) is 17.2 Å². The Morgan fingerprint density at radius 1 is 0.404 bits per heavy atom. The Bertz CT molecular complexity index is 4040. The van der Waals surface area contributed by atoms with E-state index in [1.165, 1.54) is 79.8 Å². The first-order valence-electron chi connectivity index (χ1n) is 19.4. The zero-order valence-corrected chi connectivity index (χ0v) is 31.2. The highest BCUT2D eigenvalue weighted by Gasteiger charge is 2.28. The van der Waals surface area contributed by atoms with Crippen LogP contribution in [0.25, 0.3) is 130 Å². The Morgan fingerprint density at radius 2 is 1.11 bits per heavy atom. The van der Waals surface area contributed by atoms with Crippen LogP contribution in [0.1, 0.15) is 0 Å². The SMILES string of the molecule is c1ccc(-c2nc(-n3c4c5ccccc5cc5c6cccc7c8ccccc8n(c8cc9c%10ccccc%10sc9c3c8c54)c67)nc3c2ccc2ccccc23)cc1. The van der Waals surface area contributed by atoms with E-state index in [0.717, 1.165) is 44.0 Å². The van der Waals surface area contributed by atoms with Gasteiger partial charge in [-0.1, -0.05) is 140 Å². The zero-order chi connectivity index (χ0) is 36.9. The molecule has 0 N–H and O–H groups in total. The molecule has 0 unspecified atom stereocenters. The van der Waals surface area contributed by atoms with Crippen molar-refractivity contribution in [3.05, 3.63) is 170 Å². The van der Waals surface area contributed by atoms with E-state index in [2.05, 4.69) is 179 Å². The molecule has 0 saturated heterocycles. The highest BCUT2D eigenvalue weighted by molar-refractivity contribution is 7.26. The summed E-state index contributed by atoms with van der Waals surface area (Å²) in [6.45, 7) is 0. The van der Waals surface area contributed by atoms with E-state index >= 15 is 0 Å². The molecule has 0 bridgehead atoms. The molecule has 5 heteroatoms. The lowest BCUT2D eigenvalue weighted by Gasteiger charge is -2.15. The topological polar surface area (TPSA) is 35.1 Å². The van der Waals surface area contributed by atoms with Crippen molar-refractivity contribution in [1.29, 1.82) is 0 Å². The van der Waals surface area contributed by atoms with Gasteiger partial charge < -0.3 is 4.40 Å². The molecule has 4 nitrogen and oxygen atoms in total. The minimum atomic E-state index is 0.673. The lowest BCUT2D eigenvalue weighted by atomic mass is 9.98. The van der Waals surface area contributed by atoms with Gasteiger partial charge in [-0.2, -0.15) is 0 Å². The highest BCUT2D eigenvalue weighted by Crippen LogP contribution is 2.50. The first-order chi connectivity index (χ1) is 28.3. The summed E-state index contributed by atoms with van der Waals surface area (Å²) in [5, 5.41) is 15.6. The Hall–Kier alpha value is -7.34. The number of fused-ring (bicyclic) bond motifs is 14. The molecule has 0 atom stereocenters. The van der Waals surface area contributed by atoms with Crippen LogP contribution in [0, 0.1) is 0 Å². The molecule has 5 heterocycles. The maximum Gasteiger partial charge on any atom is 0.235 e. The van der Waals surface area contributed by atoms with Crippen LogP contribution in [0.4, 0.5) is 0 Å². The summed E-state index contributed by atoms with van der Waals surface area (Å²) in [7, 11) is 0. The molecule has 262 valence electrons. The number of hydrogen-bond acceptors (Lipinski definition) is 3. The second kappa shape index (κ2) is 10.7. The summed E-state index contributed by atoms with van der Waals surface area (Å²) in [5.41, 5.74) is 8.87. The van der Waals surface area contributed by atoms with Gasteiger partial charge in [0.05, 0.1) is 43.5 Å². The standard InChI is InChI=1S/C52H28N4S/c1-2-14-30(15-3-1)46-38-26-25-29-13-4-6-17-32(29)47(38)54-52(53-46)56-49-33-18-7-5-16-31(33)27-39-37-22-12-21-36-34-19-8-10-23-41(34)55(48(36)37)42-28-40-35-20-9-11-24-43(35)57-51(40)50(56)45(42)44(39)49/h1-28H. The van der Waals surface area contributed by atoms with Gasteiger partial charge in [0.2, 0.25) is 5.95 Å². The van der Waals surface area contributed by atoms with E-state index in [-0.39, 0.29) is 0 Å². The van der Waals surface area contributed by atoms with E-state index in [0.29, 0.717) is 5.95 Å². The third-order valence-electron chi connectivity index (χ3n) is 12.4. The van der Waals surface area contributed by atoms with Gasteiger partial charge in [-0.25, -0.2) is 9.97 Å². The van der Waals surface area contributed by atoms with Crippen LogP contribution < -0.4 is 0 Å². The molecule has 9 aromatic carbocycles. The van der Waals surface area contributed by atoms with Gasteiger partial charge in [0, 0.05) is 64.1 Å². The summed E-state index contributed by atoms with van der Waals surface area (Å²) in [4.78, 5) is 11.3. The molecule has 5 aromatic heterocycles. The van der Waals surface area contributed by atoms with Gasteiger partial charge in [0.15, 0.2) is 0 Å². The van der Waals surface area contributed by atoms with Gasteiger partial charge in [-0.05, 0) is 46.5 Å². The molecule has 0 saturated carbocycles. The van der Waals surface area contributed by atoms with Crippen LogP contribution in [0.3, 0.4) is 0 Å². The summed E-state index contributed by atoms with van der Waals surface area (Å²) in [5.74, 6) is 0.673. The number of aromatic nitrogens is 4. The average Bonchev–Trinajstić information content (AvgIpc) is 3.92. The number of rotatable bonds is 2. The third-order valence-corrected chi connectivity index (χ3v) is 13.6. The number of benzene rings is 9. The molecule has 0 fully saturated rings. The Balaban J connectivity index is 1.33. The molecule has 0 aliphatic heterocycles. The largest absolute Gasteiger partial charge is 0.308 e. The first kappa shape index (κ1) is 29.9. The molecule has 0 amide bonds. The van der Waals surface area contributed by atoms with E-state index in [9.17, 15) is 0 Å². The van der Waals surface area contributed by atoms with Gasteiger partial charge in [0.25, 0.3) is 0 Å². The number of nitrogens with zero attached hydrogens (tertiary/aromatic N) is 4. The smallest absolute Gasteiger partial charge is 0.235 e. The van der Waals surface area contributed by atoms with Crippen molar-refractivity contribution < 1.29 is 0 Å². The first-order valence-corrected chi connectivity index (χ1v) is 20.2. The van der Waals surface area contributed by atoms with E-state index in [1.807, 2.05) is 11.3 Å². The second-order valence-corrected chi connectivity index (χ2v) is 16.3. The van der Waals surface area contributed by atoms with Crippen LogP contribution in [-0.4, -0.2) is 18.9 Å². The Labute approximate surface area is 328 Å². The van der Waals surface area contributed by atoms with Crippen molar-refractivity contribution in [1.82, 2.24) is 18.9 Å². The molecule has 14 aromatic rings.